The van der Waals surface area contributed by atoms with Gasteiger partial charge < -0.3 is 10.2 Å². The zero-order valence-electron chi connectivity index (χ0n) is 13.7. The molecule has 0 bridgehead atoms. The van der Waals surface area contributed by atoms with E-state index < -0.39 is 0 Å². The standard InChI is InChI=1S/C21H19BrN2O/c22-20-12-10-18(11-13-20)16-25-21-9-5-4-8-19(21)15-24-23-14-17-6-2-1-3-7-17/h1-13,15,23H,14,16H2. The van der Waals surface area contributed by atoms with Gasteiger partial charge in [0.2, 0.25) is 0 Å². The van der Waals surface area contributed by atoms with E-state index in [4.69, 9.17) is 4.74 Å². The van der Waals surface area contributed by atoms with Gasteiger partial charge in [-0.25, -0.2) is 0 Å². The van der Waals surface area contributed by atoms with E-state index in [1.54, 1.807) is 6.21 Å². The zero-order chi connectivity index (χ0) is 17.3. The van der Waals surface area contributed by atoms with Crippen LogP contribution in [-0.4, -0.2) is 6.21 Å². The quantitative estimate of drug-likeness (QED) is 0.443. The maximum absolute atomic E-state index is 5.94. The van der Waals surface area contributed by atoms with Crippen molar-refractivity contribution >= 4 is 22.1 Å². The van der Waals surface area contributed by atoms with Gasteiger partial charge in [-0.15, -0.1) is 0 Å². The number of para-hydroxylation sites is 1. The number of nitrogens with one attached hydrogen (secondary N) is 1. The summed E-state index contributed by atoms with van der Waals surface area (Å²) >= 11 is 3.44. The molecule has 25 heavy (non-hydrogen) atoms. The number of benzene rings is 3. The molecule has 3 rings (SSSR count). The molecule has 0 amide bonds. The fourth-order valence-electron chi connectivity index (χ4n) is 2.31. The second kappa shape index (κ2) is 9.04. The molecule has 0 saturated carbocycles. The minimum Gasteiger partial charge on any atom is -0.488 e. The van der Waals surface area contributed by atoms with Crippen molar-refractivity contribution in [3.05, 3.63) is 100 Å². The summed E-state index contributed by atoms with van der Waals surface area (Å²) in [7, 11) is 0. The van der Waals surface area contributed by atoms with Gasteiger partial charge in [0, 0.05) is 10.0 Å². The second-order valence-corrected chi connectivity index (χ2v) is 6.45. The van der Waals surface area contributed by atoms with Gasteiger partial charge in [0.15, 0.2) is 0 Å². The number of hydrogen-bond donors (Lipinski definition) is 1. The molecule has 1 N–H and O–H groups in total. The third kappa shape index (κ3) is 5.47. The van der Waals surface area contributed by atoms with Crippen LogP contribution in [0.4, 0.5) is 0 Å². The van der Waals surface area contributed by atoms with Gasteiger partial charge >= 0.3 is 0 Å². The first-order valence-electron chi connectivity index (χ1n) is 8.07. The Labute approximate surface area is 156 Å². The van der Waals surface area contributed by atoms with Gasteiger partial charge in [-0.2, -0.15) is 5.10 Å². The fraction of sp³-hybridized carbons (Fsp3) is 0.0952. The Morgan fingerprint density at radius 3 is 2.36 bits per heavy atom. The summed E-state index contributed by atoms with van der Waals surface area (Å²) in [4.78, 5) is 0. The predicted molar refractivity (Wildman–Crippen MR) is 106 cm³/mol. The summed E-state index contributed by atoms with van der Waals surface area (Å²) in [6.45, 7) is 1.22. The lowest BCUT2D eigenvalue weighted by Gasteiger charge is -2.09. The summed E-state index contributed by atoms with van der Waals surface area (Å²) < 4.78 is 7.01. The third-order valence-electron chi connectivity index (χ3n) is 3.65. The molecular formula is C21H19BrN2O. The number of hydrogen-bond acceptors (Lipinski definition) is 3. The minimum atomic E-state index is 0.523. The Kier molecular flexibility index (Phi) is 6.23. The fourth-order valence-corrected chi connectivity index (χ4v) is 2.57. The highest BCUT2D eigenvalue weighted by atomic mass is 79.9. The first kappa shape index (κ1) is 17.2. The summed E-state index contributed by atoms with van der Waals surface area (Å²) in [6, 6.07) is 26.2. The molecular weight excluding hydrogens is 376 g/mol. The molecule has 3 nitrogen and oxygen atoms in total. The van der Waals surface area contributed by atoms with Crippen LogP contribution in [0.25, 0.3) is 0 Å². The first-order valence-corrected chi connectivity index (χ1v) is 8.87. The van der Waals surface area contributed by atoms with Crippen molar-refractivity contribution < 1.29 is 4.74 Å². The molecule has 0 aliphatic heterocycles. The highest BCUT2D eigenvalue weighted by molar-refractivity contribution is 9.10. The molecule has 0 aliphatic rings. The first-order chi connectivity index (χ1) is 12.3. The van der Waals surface area contributed by atoms with Crippen LogP contribution in [0.15, 0.2) is 88.4 Å². The van der Waals surface area contributed by atoms with Crippen molar-refractivity contribution in [2.75, 3.05) is 0 Å². The smallest absolute Gasteiger partial charge is 0.128 e. The molecule has 0 heterocycles. The average Bonchev–Trinajstić information content (AvgIpc) is 2.66. The SMILES string of the molecule is Brc1ccc(COc2ccccc2C=NNCc2ccccc2)cc1. The lowest BCUT2D eigenvalue weighted by molar-refractivity contribution is 0.306. The molecule has 0 spiro atoms. The monoisotopic (exact) mass is 394 g/mol. The van der Waals surface area contributed by atoms with Crippen molar-refractivity contribution in [1.82, 2.24) is 5.43 Å². The van der Waals surface area contributed by atoms with Crippen LogP contribution in [-0.2, 0) is 13.2 Å². The third-order valence-corrected chi connectivity index (χ3v) is 4.18. The Hall–Kier alpha value is -2.59. The number of nitrogens with zero attached hydrogens (tertiary/aromatic N) is 1. The number of rotatable bonds is 7. The lowest BCUT2D eigenvalue weighted by Crippen LogP contribution is -2.06. The molecule has 0 unspecified atom stereocenters. The highest BCUT2D eigenvalue weighted by Crippen LogP contribution is 2.18. The van der Waals surface area contributed by atoms with Gasteiger partial charge in [-0.3, -0.25) is 0 Å². The normalized spacial score (nSPS) is 10.8. The molecule has 0 fully saturated rings. The summed E-state index contributed by atoms with van der Waals surface area (Å²) in [5, 5.41) is 4.30. The van der Waals surface area contributed by atoms with Crippen LogP contribution in [0, 0.1) is 0 Å². The van der Waals surface area contributed by atoms with E-state index in [1.165, 1.54) is 5.56 Å². The van der Waals surface area contributed by atoms with Gasteiger partial charge in [-0.1, -0.05) is 70.5 Å². The Balaban J connectivity index is 1.58. The van der Waals surface area contributed by atoms with Crippen LogP contribution < -0.4 is 10.2 Å². The number of halogens is 1. The summed E-state index contributed by atoms with van der Waals surface area (Å²) in [6.07, 6.45) is 1.79. The molecule has 4 heteroatoms. The maximum Gasteiger partial charge on any atom is 0.128 e. The Bertz CT molecular complexity index is 817. The number of hydrazone groups is 1. The van der Waals surface area contributed by atoms with E-state index in [9.17, 15) is 0 Å². The van der Waals surface area contributed by atoms with Gasteiger partial charge in [-0.05, 0) is 35.4 Å². The van der Waals surface area contributed by atoms with Crippen LogP contribution >= 0.6 is 15.9 Å². The van der Waals surface area contributed by atoms with E-state index in [2.05, 4.69) is 38.6 Å². The Morgan fingerprint density at radius 2 is 1.56 bits per heavy atom. The Morgan fingerprint density at radius 1 is 0.840 bits per heavy atom. The van der Waals surface area contributed by atoms with Crippen LogP contribution in [0.2, 0.25) is 0 Å². The second-order valence-electron chi connectivity index (χ2n) is 5.53. The van der Waals surface area contributed by atoms with Crippen molar-refractivity contribution in [3.8, 4) is 5.75 Å². The topological polar surface area (TPSA) is 33.6 Å². The molecule has 3 aromatic carbocycles. The van der Waals surface area contributed by atoms with Gasteiger partial charge in [0.1, 0.15) is 12.4 Å². The van der Waals surface area contributed by atoms with Crippen molar-refractivity contribution in [2.45, 2.75) is 13.2 Å². The van der Waals surface area contributed by atoms with Crippen LogP contribution in [0.3, 0.4) is 0 Å². The molecule has 126 valence electrons. The van der Waals surface area contributed by atoms with Crippen LogP contribution in [0.5, 0.6) is 5.75 Å². The minimum absolute atomic E-state index is 0.523. The van der Waals surface area contributed by atoms with E-state index in [0.717, 1.165) is 21.3 Å². The zero-order valence-corrected chi connectivity index (χ0v) is 15.3. The van der Waals surface area contributed by atoms with E-state index >= 15 is 0 Å². The molecule has 0 atom stereocenters. The molecule has 3 aromatic rings. The van der Waals surface area contributed by atoms with Crippen molar-refractivity contribution in [1.29, 1.82) is 0 Å². The van der Waals surface area contributed by atoms with E-state index in [1.807, 2.05) is 66.7 Å². The van der Waals surface area contributed by atoms with Crippen molar-refractivity contribution in [3.63, 3.8) is 0 Å². The molecule has 0 saturated heterocycles. The lowest BCUT2D eigenvalue weighted by atomic mass is 10.2. The summed E-state index contributed by atoms with van der Waals surface area (Å²) in [5.74, 6) is 0.815. The highest BCUT2D eigenvalue weighted by Gasteiger charge is 2.01. The number of ether oxygens (including phenoxy) is 1. The van der Waals surface area contributed by atoms with E-state index in [-0.39, 0.29) is 0 Å². The maximum atomic E-state index is 5.94. The molecule has 0 aliphatic carbocycles. The van der Waals surface area contributed by atoms with Crippen molar-refractivity contribution in [2.24, 2.45) is 5.10 Å². The van der Waals surface area contributed by atoms with Gasteiger partial charge in [0.05, 0.1) is 12.8 Å². The largest absolute Gasteiger partial charge is 0.488 e. The molecule has 0 radical (unpaired) electrons. The predicted octanol–water partition coefficient (Wildman–Crippen LogP) is 5.15. The summed E-state index contributed by atoms with van der Waals surface area (Å²) in [5.41, 5.74) is 6.33. The van der Waals surface area contributed by atoms with E-state index in [0.29, 0.717) is 13.2 Å². The van der Waals surface area contributed by atoms with Crippen LogP contribution in [0.1, 0.15) is 16.7 Å². The molecule has 0 aromatic heterocycles. The average molecular weight is 395 g/mol. The van der Waals surface area contributed by atoms with Gasteiger partial charge in [0.25, 0.3) is 0 Å².